The lowest BCUT2D eigenvalue weighted by atomic mass is 10.2. The molecule has 3 rings (SSSR count). The second-order valence-corrected chi connectivity index (χ2v) is 4.82. The number of ether oxygens (including phenoxy) is 1. The minimum absolute atomic E-state index is 0.0654. The Morgan fingerprint density at radius 3 is 2.95 bits per heavy atom. The maximum Gasteiger partial charge on any atom is 0.416 e. The Bertz CT molecular complexity index is 710. The Balaban J connectivity index is 1.82. The summed E-state index contributed by atoms with van der Waals surface area (Å²) in [6.45, 7) is 1.13. The van der Waals surface area contributed by atoms with Crippen LogP contribution in [-0.2, 0) is 12.7 Å². The van der Waals surface area contributed by atoms with Gasteiger partial charge in [-0.1, -0.05) is 6.07 Å². The van der Waals surface area contributed by atoms with Gasteiger partial charge in [-0.05, 0) is 18.2 Å². The number of nitrogens with zero attached hydrogens (tertiary/aromatic N) is 2. The Labute approximate surface area is 123 Å². The molecule has 0 bridgehead atoms. The Morgan fingerprint density at radius 2 is 2.18 bits per heavy atom. The molecule has 0 atom stereocenters. The van der Waals surface area contributed by atoms with E-state index in [9.17, 15) is 18.0 Å². The van der Waals surface area contributed by atoms with E-state index in [4.69, 9.17) is 4.74 Å². The molecule has 2 aromatic rings. The van der Waals surface area contributed by atoms with Crippen LogP contribution in [0, 0.1) is 0 Å². The van der Waals surface area contributed by atoms with E-state index >= 15 is 0 Å². The van der Waals surface area contributed by atoms with Crippen LogP contribution >= 0.6 is 0 Å². The van der Waals surface area contributed by atoms with E-state index < -0.39 is 17.6 Å². The van der Waals surface area contributed by atoms with E-state index in [-0.39, 0.29) is 11.3 Å². The van der Waals surface area contributed by atoms with Crippen LogP contribution in [-0.4, -0.2) is 22.3 Å². The maximum atomic E-state index is 12.7. The average molecular weight is 311 g/mol. The third-order valence-corrected chi connectivity index (χ3v) is 3.24. The molecule has 0 fully saturated rings. The van der Waals surface area contributed by atoms with E-state index in [1.54, 1.807) is 4.68 Å². The van der Waals surface area contributed by atoms with Crippen LogP contribution in [0.15, 0.2) is 30.5 Å². The molecule has 0 aliphatic carbocycles. The maximum absolute atomic E-state index is 12.7. The summed E-state index contributed by atoms with van der Waals surface area (Å²) in [4.78, 5) is 12.2. The van der Waals surface area contributed by atoms with Gasteiger partial charge < -0.3 is 10.1 Å². The SMILES string of the molecule is O=C(Nc1cccc(C(F)(F)F)c1)c1cnn2c1OCCC2. The van der Waals surface area contributed by atoms with E-state index in [1.807, 2.05) is 0 Å². The summed E-state index contributed by atoms with van der Waals surface area (Å²) < 4.78 is 44.9. The van der Waals surface area contributed by atoms with Gasteiger partial charge in [0.1, 0.15) is 5.56 Å². The van der Waals surface area contributed by atoms with Crippen molar-refractivity contribution in [3.8, 4) is 5.88 Å². The highest BCUT2D eigenvalue weighted by Gasteiger charge is 2.30. The van der Waals surface area contributed by atoms with Crippen LogP contribution in [0.25, 0.3) is 0 Å². The lowest BCUT2D eigenvalue weighted by Gasteiger charge is -2.16. The van der Waals surface area contributed by atoms with Crippen LogP contribution in [0.3, 0.4) is 0 Å². The van der Waals surface area contributed by atoms with E-state index in [1.165, 1.54) is 18.3 Å². The first-order valence-electron chi connectivity index (χ1n) is 6.62. The number of aromatic nitrogens is 2. The molecule has 1 aromatic heterocycles. The monoisotopic (exact) mass is 311 g/mol. The molecule has 1 N–H and O–H groups in total. The zero-order valence-corrected chi connectivity index (χ0v) is 11.4. The first-order valence-corrected chi connectivity index (χ1v) is 6.62. The number of rotatable bonds is 2. The van der Waals surface area contributed by atoms with Crippen LogP contribution in [0.5, 0.6) is 5.88 Å². The second-order valence-electron chi connectivity index (χ2n) is 4.82. The molecular weight excluding hydrogens is 299 g/mol. The number of hydrogen-bond donors (Lipinski definition) is 1. The number of nitrogens with one attached hydrogen (secondary N) is 1. The molecule has 8 heteroatoms. The summed E-state index contributed by atoms with van der Waals surface area (Å²) >= 11 is 0. The van der Waals surface area contributed by atoms with Gasteiger partial charge >= 0.3 is 6.18 Å². The van der Waals surface area contributed by atoms with Crippen molar-refractivity contribution in [1.82, 2.24) is 9.78 Å². The number of aryl methyl sites for hydroxylation is 1. The van der Waals surface area contributed by atoms with Crippen molar-refractivity contribution in [2.45, 2.75) is 19.1 Å². The number of halogens is 3. The quantitative estimate of drug-likeness (QED) is 0.928. The molecule has 1 aliphatic heterocycles. The molecule has 0 radical (unpaired) electrons. The number of benzene rings is 1. The standard InChI is InChI=1S/C14H12F3N3O2/c15-14(16,17)9-3-1-4-10(7-9)19-12(21)11-8-18-20-5-2-6-22-13(11)20/h1,3-4,7-8H,2,5-6H2,(H,19,21). The number of alkyl halides is 3. The summed E-state index contributed by atoms with van der Waals surface area (Å²) in [6.07, 6.45) is -2.31. The van der Waals surface area contributed by atoms with Crippen molar-refractivity contribution >= 4 is 11.6 Å². The van der Waals surface area contributed by atoms with Gasteiger partial charge in [-0.2, -0.15) is 18.3 Å². The zero-order valence-electron chi connectivity index (χ0n) is 11.4. The third-order valence-electron chi connectivity index (χ3n) is 3.24. The number of hydrogen-bond acceptors (Lipinski definition) is 3. The summed E-state index contributed by atoms with van der Waals surface area (Å²) in [5.74, 6) is -0.210. The van der Waals surface area contributed by atoms with Crippen molar-refractivity contribution < 1.29 is 22.7 Å². The highest BCUT2D eigenvalue weighted by atomic mass is 19.4. The first kappa shape index (κ1) is 14.4. The van der Waals surface area contributed by atoms with Crippen LogP contribution in [0.1, 0.15) is 22.3 Å². The normalized spacial score (nSPS) is 14.1. The van der Waals surface area contributed by atoms with Crippen molar-refractivity contribution in [3.63, 3.8) is 0 Å². The molecular formula is C14H12F3N3O2. The van der Waals surface area contributed by atoms with Gasteiger partial charge in [-0.3, -0.25) is 4.79 Å². The molecule has 0 unspecified atom stereocenters. The summed E-state index contributed by atoms with van der Waals surface area (Å²) in [6, 6.07) is 4.46. The minimum Gasteiger partial charge on any atom is -0.477 e. The lowest BCUT2D eigenvalue weighted by molar-refractivity contribution is -0.137. The molecule has 22 heavy (non-hydrogen) atoms. The largest absolute Gasteiger partial charge is 0.477 e. The molecule has 1 aliphatic rings. The molecule has 0 saturated carbocycles. The van der Waals surface area contributed by atoms with Gasteiger partial charge in [-0.15, -0.1) is 0 Å². The first-order chi connectivity index (χ1) is 10.4. The topological polar surface area (TPSA) is 56.2 Å². The second kappa shape index (κ2) is 5.36. The van der Waals surface area contributed by atoms with Crippen LogP contribution < -0.4 is 10.1 Å². The van der Waals surface area contributed by atoms with Crippen molar-refractivity contribution in [1.29, 1.82) is 0 Å². The zero-order chi connectivity index (χ0) is 15.7. The molecule has 1 aromatic carbocycles. The lowest BCUT2D eigenvalue weighted by Crippen LogP contribution is -2.18. The Kier molecular flexibility index (Phi) is 3.51. The van der Waals surface area contributed by atoms with Gasteiger partial charge in [-0.25, -0.2) is 4.68 Å². The van der Waals surface area contributed by atoms with Crippen molar-refractivity contribution in [3.05, 3.63) is 41.6 Å². The van der Waals surface area contributed by atoms with Gasteiger partial charge in [0, 0.05) is 18.7 Å². The van der Waals surface area contributed by atoms with E-state index in [0.717, 1.165) is 18.6 Å². The Morgan fingerprint density at radius 1 is 1.36 bits per heavy atom. The molecule has 2 heterocycles. The minimum atomic E-state index is -4.46. The Hall–Kier alpha value is -2.51. The highest BCUT2D eigenvalue weighted by Crippen LogP contribution is 2.31. The van der Waals surface area contributed by atoms with Gasteiger partial charge in [0.05, 0.1) is 18.4 Å². The molecule has 0 saturated heterocycles. The predicted octanol–water partition coefficient (Wildman–Crippen LogP) is 2.94. The number of fused-ring (bicyclic) bond motifs is 1. The summed E-state index contributed by atoms with van der Waals surface area (Å²) in [5, 5.41) is 6.46. The molecule has 0 spiro atoms. The smallest absolute Gasteiger partial charge is 0.416 e. The number of anilines is 1. The van der Waals surface area contributed by atoms with Gasteiger partial charge in [0.15, 0.2) is 0 Å². The van der Waals surface area contributed by atoms with E-state index in [2.05, 4.69) is 10.4 Å². The number of carbonyl (C=O) groups excluding carboxylic acids is 1. The summed E-state index contributed by atoms with van der Waals surface area (Å²) in [5.41, 5.74) is -0.550. The fourth-order valence-electron chi connectivity index (χ4n) is 2.20. The van der Waals surface area contributed by atoms with Gasteiger partial charge in [0.25, 0.3) is 5.91 Å². The number of amides is 1. The third kappa shape index (κ3) is 2.76. The molecule has 1 amide bonds. The van der Waals surface area contributed by atoms with Crippen LogP contribution in [0.4, 0.5) is 18.9 Å². The van der Waals surface area contributed by atoms with E-state index in [0.29, 0.717) is 19.0 Å². The van der Waals surface area contributed by atoms with Crippen LogP contribution in [0.2, 0.25) is 0 Å². The average Bonchev–Trinajstić information content (AvgIpc) is 2.90. The number of carbonyl (C=O) groups is 1. The fraction of sp³-hybridized carbons (Fsp3) is 0.286. The van der Waals surface area contributed by atoms with Gasteiger partial charge in [0.2, 0.25) is 5.88 Å². The predicted molar refractivity (Wildman–Crippen MR) is 71.7 cm³/mol. The van der Waals surface area contributed by atoms with Crippen molar-refractivity contribution in [2.75, 3.05) is 11.9 Å². The highest BCUT2D eigenvalue weighted by molar-refractivity contribution is 6.05. The molecule has 116 valence electrons. The molecule has 5 nitrogen and oxygen atoms in total. The van der Waals surface area contributed by atoms with Crippen molar-refractivity contribution in [2.24, 2.45) is 0 Å². The summed E-state index contributed by atoms with van der Waals surface area (Å²) in [7, 11) is 0. The fourth-order valence-corrected chi connectivity index (χ4v) is 2.20.